The molecule has 0 spiro atoms. The first-order valence-corrected chi connectivity index (χ1v) is 18.0. The van der Waals surface area contributed by atoms with E-state index in [0.717, 1.165) is 6.92 Å². The van der Waals surface area contributed by atoms with Crippen LogP contribution in [0.5, 0.6) is 0 Å². The normalized spacial score (nSPS) is 50.8. The fourth-order valence-corrected chi connectivity index (χ4v) is 7.10. The highest BCUT2D eigenvalue weighted by Crippen LogP contribution is 2.36. The van der Waals surface area contributed by atoms with Crippen LogP contribution < -0.4 is 5.32 Å². The molecule has 332 valence electrons. The van der Waals surface area contributed by atoms with Crippen LogP contribution in [0.2, 0.25) is 0 Å². The summed E-state index contributed by atoms with van der Waals surface area (Å²) in [5, 5.41) is 159. The Morgan fingerprint density at radius 2 is 0.877 bits per heavy atom. The van der Waals surface area contributed by atoms with E-state index >= 15 is 0 Å². The second-order valence-electron chi connectivity index (χ2n) is 14.2. The number of aliphatic hydroxyl groups excluding tert-OH is 15. The molecule has 0 radical (unpaired) electrons. The second-order valence-corrected chi connectivity index (χ2v) is 14.2. The van der Waals surface area contributed by atoms with Crippen LogP contribution in [0.4, 0.5) is 0 Å². The molecule has 0 saturated carbocycles. The molecule has 0 aromatic heterocycles. The number of hydrogen-bond donors (Lipinski definition) is 16. The first-order chi connectivity index (χ1) is 27.0. The van der Waals surface area contributed by atoms with Crippen molar-refractivity contribution in [2.24, 2.45) is 0 Å². The average molecular weight is 840 g/mol. The van der Waals surface area contributed by atoms with E-state index in [-0.39, 0.29) is 0 Å². The van der Waals surface area contributed by atoms with Gasteiger partial charge in [-0.15, -0.1) is 0 Å². The van der Waals surface area contributed by atoms with Crippen LogP contribution >= 0.6 is 0 Å². The Morgan fingerprint density at radius 1 is 0.456 bits per heavy atom. The monoisotopic (exact) mass is 839 g/mol. The van der Waals surface area contributed by atoms with E-state index in [9.17, 15) is 81.4 Å². The van der Waals surface area contributed by atoms with Gasteiger partial charge in [0.25, 0.3) is 0 Å². The van der Waals surface area contributed by atoms with Gasteiger partial charge in [0.15, 0.2) is 31.5 Å². The summed E-state index contributed by atoms with van der Waals surface area (Å²) in [7, 11) is 0. The molecule has 5 saturated heterocycles. The highest BCUT2D eigenvalue weighted by Gasteiger charge is 2.57. The fourth-order valence-electron chi connectivity index (χ4n) is 7.10. The number of amides is 1. The van der Waals surface area contributed by atoms with E-state index in [1.807, 2.05) is 0 Å². The summed E-state index contributed by atoms with van der Waals surface area (Å²) >= 11 is 0. The van der Waals surface area contributed by atoms with Gasteiger partial charge >= 0.3 is 0 Å². The van der Waals surface area contributed by atoms with E-state index in [1.54, 1.807) is 0 Å². The molecule has 5 heterocycles. The maximum absolute atomic E-state index is 11.9. The van der Waals surface area contributed by atoms with Gasteiger partial charge in [-0.1, -0.05) is 0 Å². The van der Waals surface area contributed by atoms with Crippen molar-refractivity contribution in [2.75, 3.05) is 33.0 Å². The minimum absolute atomic E-state index is 0.732. The zero-order chi connectivity index (χ0) is 42.0. The molecule has 0 aromatic carbocycles. The molecule has 24 atom stereocenters. The molecule has 5 aliphatic heterocycles. The van der Waals surface area contributed by atoms with Crippen LogP contribution in [0.3, 0.4) is 0 Å². The van der Waals surface area contributed by atoms with Crippen molar-refractivity contribution in [1.29, 1.82) is 0 Å². The van der Waals surface area contributed by atoms with Gasteiger partial charge in [-0.05, 0) is 0 Å². The van der Waals surface area contributed by atoms with Gasteiger partial charge < -0.3 is 125 Å². The van der Waals surface area contributed by atoms with Crippen molar-refractivity contribution < 1.29 is 124 Å². The van der Waals surface area contributed by atoms with Crippen molar-refractivity contribution in [3.63, 3.8) is 0 Å². The van der Waals surface area contributed by atoms with E-state index in [0.29, 0.717) is 0 Å². The number of nitrogens with one attached hydrogen (secondary N) is 1. The summed E-state index contributed by atoms with van der Waals surface area (Å²) in [6.45, 7) is -3.28. The zero-order valence-electron chi connectivity index (χ0n) is 30.2. The summed E-state index contributed by atoms with van der Waals surface area (Å²) in [4.78, 5) is 11.9. The third-order valence-electron chi connectivity index (χ3n) is 10.4. The maximum Gasteiger partial charge on any atom is 0.217 e. The van der Waals surface area contributed by atoms with Gasteiger partial charge in [0.05, 0.1) is 33.0 Å². The van der Waals surface area contributed by atoms with Gasteiger partial charge in [-0.3, -0.25) is 4.79 Å². The molecule has 5 aliphatic rings. The standard InChI is InChI=1S/C31H53NO25/c1-7(37)32-13-18(42)24(11(5-36)50-27(13)48)55-31-26(57-29-21(45)16(40)10(4-35)53-29)25(56-30-23(47)20(44)15(39)9(3-34)52-30)17(41)12(54-31)6-49-28-22(46)19(43)14(38)8(2-33)51-28/h8-31,33-36,38-48H,2-6H2,1H3,(H,32,37)/t8-,9-,10-,11-,12-,13-,14-,15-,16+,17-,18-,19+,20+,21-,22+,23+,24-,25+,26+,27-,28+,29+,30-,31+/m1/s1. The van der Waals surface area contributed by atoms with Gasteiger partial charge in [0.2, 0.25) is 5.91 Å². The molecule has 0 aliphatic carbocycles. The van der Waals surface area contributed by atoms with Crippen LogP contribution in [0.1, 0.15) is 6.92 Å². The largest absolute Gasteiger partial charge is 0.394 e. The molecule has 0 bridgehead atoms. The lowest BCUT2D eigenvalue weighted by Crippen LogP contribution is -2.69. The number of rotatable bonds is 14. The Balaban J connectivity index is 1.52. The Hall–Kier alpha value is -1.49. The SMILES string of the molecule is CC(=O)N[C@@H]1[C@@H](O)[C@H](O[C@@H]2O[C@H](CO[C@H]3O[C@H](CO)[C@@H](O)[C@H](O)[C@@H]3O)[C@@H](O)[C@H](O[C@H]3O[C@H](CO)[C@@H](O)[C@H](O)[C@@H]3O)[C@@H]2O[C@@H]2O[C@H](CO)[C@H](O)[C@H]2O)[C@@H](CO)O[C@H]1O. The number of carbonyl (C=O) groups excluding carboxylic acids is 1. The maximum atomic E-state index is 11.9. The Kier molecular flexibility index (Phi) is 16.3. The van der Waals surface area contributed by atoms with E-state index in [4.69, 9.17) is 42.6 Å². The summed E-state index contributed by atoms with van der Waals surface area (Å²) in [5.74, 6) is -0.732. The second kappa shape index (κ2) is 19.9. The lowest BCUT2D eigenvalue weighted by atomic mass is 9.95. The van der Waals surface area contributed by atoms with Gasteiger partial charge in [0, 0.05) is 6.92 Å². The van der Waals surface area contributed by atoms with E-state index in [2.05, 4.69) is 5.32 Å². The molecule has 16 N–H and O–H groups in total. The van der Waals surface area contributed by atoms with Crippen molar-refractivity contribution >= 4 is 5.91 Å². The minimum Gasteiger partial charge on any atom is -0.394 e. The molecule has 26 heteroatoms. The summed E-state index contributed by atoms with van der Waals surface area (Å²) < 4.78 is 51.2. The van der Waals surface area contributed by atoms with Crippen LogP contribution in [-0.4, -0.2) is 263 Å². The quantitative estimate of drug-likeness (QED) is 0.0772. The van der Waals surface area contributed by atoms with Crippen molar-refractivity contribution in [3.05, 3.63) is 0 Å². The van der Waals surface area contributed by atoms with Crippen molar-refractivity contribution in [2.45, 2.75) is 154 Å². The van der Waals surface area contributed by atoms with E-state index in [1.165, 1.54) is 0 Å². The lowest BCUT2D eigenvalue weighted by Gasteiger charge is -2.50. The summed E-state index contributed by atoms with van der Waals surface area (Å²) in [6, 6.07) is -1.59. The number of ether oxygens (including phenoxy) is 9. The van der Waals surface area contributed by atoms with Crippen LogP contribution in [-0.2, 0) is 47.4 Å². The highest BCUT2D eigenvalue weighted by molar-refractivity contribution is 5.73. The lowest BCUT2D eigenvalue weighted by molar-refractivity contribution is -0.395. The summed E-state index contributed by atoms with van der Waals surface area (Å²) in [5.41, 5.74) is 0. The Bertz CT molecular complexity index is 1270. The predicted octanol–water partition coefficient (Wildman–Crippen LogP) is -11.1. The number of hydrogen-bond acceptors (Lipinski definition) is 25. The molecule has 0 unspecified atom stereocenters. The molecule has 26 nitrogen and oxygen atoms in total. The first-order valence-electron chi connectivity index (χ1n) is 18.0. The third-order valence-corrected chi connectivity index (χ3v) is 10.4. The van der Waals surface area contributed by atoms with Gasteiger partial charge in [-0.2, -0.15) is 0 Å². The van der Waals surface area contributed by atoms with E-state index < -0.39 is 186 Å². The average Bonchev–Trinajstić information content (AvgIpc) is 3.46. The Morgan fingerprint density at radius 3 is 1.39 bits per heavy atom. The predicted molar refractivity (Wildman–Crippen MR) is 172 cm³/mol. The number of carbonyl (C=O) groups is 1. The number of aliphatic hydroxyl groups is 15. The van der Waals surface area contributed by atoms with Crippen molar-refractivity contribution in [1.82, 2.24) is 5.32 Å². The van der Waals surface area contributed by atoms with Crippen LogP contribution in [0.25, 0.3) is 0 Å². The van der Waals surface area contributed by atoms with Crippen LogP contribution in [0, 0.1) is 0 Å². The molecule has 57 heavy (non-hydrogen) atoms. The highest BCUT2D eigenvalue weighted by atomic mass is 16.8. The first kappa shape index (κ1) is 46.6. The zero-order valence-corrected chi connectivity index (χ0v) is 30.2. The molecular formula is C31H53NO25. The molecule has 5 rings (SSSR count). The topological polar surface area (TPSA) is 416 Å². The smallest absolute Gasteiger partial charge is 0.217 e. The fraction of sp³-hybridized carbons (Fsp3) is 0.968. The minimum atomic E-state index is -2.09. The van der Waals surface area contributed by atoms with Crippen LogP contribution in [0.15, 0.2) is 0 Å². The molecule has 5 fully saturated rings. The third kappa shape index (κ3) is 9.85. The molecular weight excluding hydrogens is 786 g/mol. The molecule has 0 aromatic rings. The summed E-state index contributed by atoms with van der Waals surface area (Å²) in [6.07, 6.45) is -42.3. The van der Waals surface area contributed by atoms with Gasteiger partial charge in [0.1, 0.15) is 116 Å². The van der Waals surface area contributed by atoms with Crippen molar-refractivity contribution in [3.8, 4) is 0 Å². The Labute approximate surface area is 322 Å². The molecule has 1 amide bonds. The van der Waals surface area contributed by atoms with Gasteiger partial charge in [-0.25, -0.2) is 0 Å².